The summed E-state index contributed by atoms with van der Waals surface area (Å²) in [7, 11) is 0. The molecule has 1 aliphatic rings. The van der Waals surface area contributed by atoms with Gasteiger partial charge in [0.1, 0.15) is 0 Å². The lowest BCUT2D eigenvalue weighted by Gasteiger charge is -2.14. The van der Waals surface area contributed by atoms with Gasteiger partial charge in [0.2, 0.25) is 0 Å². The number of fused-ring (bicyclic) bond motifs is 1. The van der Waals surface area contributed by atoms with E-state index in [-0.39, 0.29) is 35.9 Å². The first-order valence-corrected chi connectivity index (χ1v) is 10.9. The van der Waals surface area contributed by atoms with Gasteiger partial charge in [0, 0.05) is 36.3 Å². The monoisotopic (exact) mass is 552 g/mol. The number of aliphatic imine (C=N–C) groups is 1. The van der Waals surface area contributed by atoms with E-state index in [0.29, 0.717) is 31.3 Å². The summed E-state index contributed by atoms with van der Waals surface area (Å²) in [5.74, 6) is 2.10. The van der Waals surface area contributed by atoms with Crippen molar-refractivity contribution in [1.29, 1.82) is 0 Å². The first kappa shape index (κ1) is 25.8. The number of hydrogen-bond donors (Lipinski definition) is 3. The fourth-order valence-corrected chi connectivity index (χ4v) is 3.08. The molecule has 0 saturated carbocycles. The second-order valence-electron chi connectivity index (χ2n) is 7.52. The Labute approximate surface area is 207 Å². The van der Waals surface area contributed by atoms with E-state index in [9.17, 15) is 4.79 Å². The maximum absolute atomic E-state index is 12.4. The zero-order valence-corrected chi connectivity index (χ0v) is 21.3. The number of nitrogens with zero attached hydrogens (tertiary/aromatic N) is 1. The molecule has 0 saturated heterocycles. The van der Waals surface area contributed by atoms with Gasteiger partial charge in [-0.05, 0) is 50.1 Å². The lowest BCUT2D eigenvalue weighted by atomic mass is 10.1. The second kappa shape index (κ2) is 13.1. The van der Waals surface area contributed by atoms with E-state index in [1.54, 1.807) is 0 Å². The number of ether oxygens (including phenoxy) is 2. The number of halogens is 1. The van der Waals surface area contributed by atoms with Crippen LogP contribution in [0, 0.1) is 0 Å². The molecule has 0 aliphatic carbocycles. The van der Waals surface area contributed by atoms with Crippen molar-refractivity contribution in [2.24, 2.45) is 4.99 Å². The molecule has 0 spiro atoms. The molecule has 174 valence electrons. The summed E-state index contributed by atoms with van der Waals surface area (Å²) < 4.78 is 11.5. The number of benzene rings is 2. The van der Waals surface area contributed by atoms with E-state index in [0.717, 1.165) is 42.1 Å². The molecule has 1 aliphatic heterocycles. The molecule has 1 unspecified atom stereocenters. The number of hydrogen-bond acceptors (Lipinski definition) is 4. The maximum atomic E-state index is 12.4. The molecule has 1 heterocycles. The lowest BCUT2D eigenvalue weighted by Crippen LogP contribution is -2.32. The van der Waals surface area contributed by atoms with E-state index in [1.807, 2.05) is 56.3 Å². The van der Waals surface area contributed by atoms with Gasteiger partial charge >= 0.3 is 0 Å². The van der Waals surface area contributed by atoms with E-state index >= 15 is 0 Å². The van der Waals surface area contributed by atoms with Crippen molar-refractivity contribution in [3.05, 3.63) is 53.6 Å². The highest BCUT2D eigenvalue weighted by Crippen LogP contribution is 2.32. The minimum atomic E-state index is -0.0580. The first-order chi connectivity index (χ1) is 15.1. The van der Waals surface area contributed by atoms with Gasteiger partial charge in [0.15, 0.2) is 17.5 Å². The number of carbonyl (C=O) groups is 1. The van der Waals surface area contributed by atoms with Crippen molar-refractivity contribution >= 4 is 41.5 Å². The number of amides is 1. The van der Waals surface area contributed by atoms with Crippen molar-refractivity contribution in [2.45, 2.75) is 46.2 Å². The average molecular weight is 552 g/mol. The molecule has 2 aromatic rings. The van der Waals surface area contributed by atoms with Crippen molar-refractivity contribution in [1.82, 2.24) is 10.6 Å². The minimum absolute atomic E-state index is 0. The van der Waals surface area contributed by atoms with Crippen LogP contribution >= 0.6 is 24.0 Å². The minimum Gasteiger partial charge on any atom is -0.490 e. The molecular weight excluding hydrogens is 519 g/mol. The summed E-state index contributed by atoms with van der Waals surface area (Å²) in [6.07, 6.45) is 1.77. The Morgan fingerprint density at radius 1 is 1.09 bits per heavy atom. The van der Waals surface area contributed by atoms with E-state index in [2.05, 4.69) is 27.9 Å². The maximum Gasteiger partial charge on any atom is 0.251 e. The molecular formula is C24H33IN4O3. The van der Waals surface area contributed by atoms with Crippen molar-refractivity contribution in [3.63, 3.8) is 0 Å². The van der Waals surface area contributed by atoms with Gasteiger partial charge in [-0.1, -0.05) is 19.1 Å². The fraction of sp³-hybridized carbons (Fsp3) is 0.417. The van der Waals surface area contributed by atoms with Gasteiger partial charge in [-0.3, -0.25) is 4.79 Å². The van der Waals surface area contributed by atoms with Gasteiger partial charge in [-0.15, -0.1) is 24.0 Å². The summed E-state index contributed by atoms with van der Waals surface area (Å²) >= 11 is 0. The van der Waals surface area contributed by atoms with Crippen LogP contribution in [-0.4, -0.2) is 37.7 Å². The normalized spacial score (nSPS) is 13.9. The van der Waals surface area contributed by atoms with Crippen LogP contribution in [0.4, 0.5) is 5.69 Å². The molecule has 0 bridgehead atoms. The summed E-state index contributed by atoms with van der Waals surface area (Å²) in [4.78, 5) is 17.1. The summed E-state index contributed by atoms with van der Waals surface area (Å²) in [6.45, 7) is 8.56. The van der Waals surface area contributed by atoms with Crippen LogP contribution in [0.5, 0.6) is 11.5 Å². The molecule has 0 radical (unpaired) electrons. The molecule has 3 rings (SSSR count). The Bertz CT molecular complexity index is 920. The molecule has 3 N–H and O–H groups in total. The average Bonchev–Trinajstić information content (AvgIpc) is 3.02. The third-order valence-corrected chi connectivity index (χ3v) is 4.95. The molecule has 1 atom stereocenters. The van der Waals surface area contributed by atoms with Gasteiger partial charge in [-0.25, -0.2) is 4.99 Å². The number of guanidine groups is 1. The largest absolute Gasteiger partial charge is 0.490 e. The van der Waals surface area contributed by atoms with Gasteiger partial charge in [0.25, 0.3) is 5.91 Å². The highest BCUT2D eigenvalue weighted by Gasteiger charge is 2.12. The summed E-state index contributed by atoms with van der Waals surface area (Å²) in [6, 6.07) is 13.5. The Hall–Kier alpha value is -2.49. The Kier molecular flexibility index (Phi) is 10.6. The summed E-state index contributed by atoms with van der Waals surface area (Å²) in [5.41, 5.74) is 2.48. The van der Waals surface area contributed by atoms with Crippen molar-refractivity contribution in [2.75, 3.05) is 25.1 Å². The first-order valence-electron chi connectivity index (χ1n) is 10.9. The molecule has 0 aromatic heterocycles. The predicted molar refractivity (Wildman–Crippen MR) is 140 cm³/mol. The zero-order chi connectivity index (χ0) is 22.1. The Morgan fingerprint density at radius 3 is 2.62 bits per heavy atom. The quantitative estimate of drug-likeness (QED) is 0.266. The molecule has 8 heteroatoms. The van der Waals surface area contributed by atoms with Crippen LogP contribution in [0.2, 0.25) is 0 Å². The lowest BCUT2D eigenvalue weighted by molar-refractivity contribution is 0.0939. The summed E-state index contributed by atoms with van der Waals surface area (Å²) in [5, 5.41) is 9.57. The third kappa shape index (κ3) is 7.58. The van der Waals surface area contributed by atoms with Crippen LogP contribution in [0.1, 0.15) is 49.5 Å². The fourth-order valence-electron chi connectivity index (χ4n) is 3.08. The predicted octanol–water partition coefficient (Wildman–Crippen LogP) is 4.57. The topological polar surface area (TPSA) is 84.0 Å². The Balaban J connectivity index is 0.00000363. The van der Waals surface area contributed by atoms with Gasteiger partial charge in [-0.2, -0.15) is 0 Å². The molecule has 32 heavy (non-hydrogen) atoms. The van der Waals surface area contributed by atoms with Crippen molar-refractivity contribution < 1.29 is 14.3 Å². The van der Waals surface area contributed by atoms with Crippen molar-refractivity contribution in [3.8, 4) is 11.5 Å². The van der Waals surface area contributed by atoms with Crippen LogP contribution in [0.25, 0.3) is 0 Å². The third-order valence-electron chi connectivity index (χ3n) is 4.95. The number of rotatable bonds is 7. The zero-order valence-electron chi connectivity index (χ0n) is 18.9. The Morgan fingerprint density at radius 2 is 1.88 bits per heavy atom. The van der Waals surface area contributed by atoms with E-state index < -0.39 is 0 Å². The van der Waals surface area contributed by atoms with Gasteiger partial charge in [0.05, 0.1) is 19.8 Å². The highest BCUT2D eigenvalue weighted by molar-refractivity contribution is 14.0. The van der Waals surface area contributed by atoms with E-state index in [1.165, 1.54) is 0 Å². The number of anilines is 1. The number of carbonyl (C=O) groups excluding carboxylic acids is 1. The second-order valence-corrected chi connectivity index (χ2v) is 7.52. The van der Waals surface area contributed by atoms with Crippen LogP contribution in [0.15, 0.2) is 47.5 Å². The van der Waals surface area contributed by atoms with Gasteiger partial charge < -0.3 is 25.4 Å². The highest BCUT2D eigenvalue weighted by atomic mass is 127. The van der Waals surface area contributed by atoms with Crippen LogP contribution < -0.4 is 25.4 Å². The van der Waals surface area contributed by atoms with E-state index in [4.69, 9.17) is 9.47 Å². The smallest absolute Gasteiger partial charge is 0.251 e. The van der Waals surface area contributed by atoms with Crippen LogP contribution in [0.3, 0.4) is 0 Å². The number of nitrogens with one attached hydrogen (secondary N) is 3. The molecule has 1 amide bonds. The van der Waals surface area contributed by atoms with Crippen LogP contribution in [-0.2, 0) is 6.54 Å². The standard InChI is InChI=1S/C24H32N4O3.HI/c1-4-17(3)27-23(29)19-9-6-8-18(14-19)16-26-24(25-5-2)28-20-10-11-21-22(15-20)31-13-7-12-30-21;/h6,8-11,14-15,17H,4-5,7,12-13,16H2,1-3H3,(H,27,29)(H2,25,26,28);1H. The molecule has 2 aromatic carbocycles. The molecule has 7 nitrogen and oxygen atoms in total. The molecule has 0 fully saturated rings. The SMILES string of the molecule is CCNC(=NCc1cccc(C(=O)NC(C)CC)c1)Nc1ccc2c(c1)OCCCO2.I.